The van der Waals surface area contributed by atoms with Crippen molar-refractivity contribution in [1.29, 1.82) is 0 Å². The number of aromatic hydroxyl groups is 1. The molecule has 6 aromatic rings. The summed E-state index contributed by atoms with van der Waals surface area (Å²) in [4.78, 5) is 0. The van der Waals surface area contributed by atoms with Gasteiger partial charge in [0.25, 0.3) is 0 Å². The first-order chi connectivity index (χ1) is 24.1. The first kappa shape index (κ1) is 39.8. The molecule has 2 heteroatoms. The number of allylic oxidation sites excluding steroid dienone is 4. The maximum atomic E-state index is 9.84. The molecule has 0 aromatic heterocycles. The molecular formula is C49H54OZr. The van der Waals surface area contributed by atoms with Crippen LogP contribution in [0.2, 0.25) is 0 Å². The van der Waals surface area contributed by atoms with Gasteiger partial charge in [0.05, 0.1) is 0 Å². The number of fused-ring (bicyclic) bond motifs is 3. The fourth-order valence-corrected chi connectivity index (χ4v) is 6.62. The number of phenols is 1. The molecule has 0 bridgehead atoms. The fraction of sp³-hybridized carbons (Fsp3) is 0.265. The van der Waals surface area contributed by atoms with Crippen LogP contribution in [0, 0.1) is 11.5 Å². The van der Waals surface area contributed by atoms with E-state index < -0.39 is 0 Å². The van der Waals surface area contributed by atoms with Crippen LogP contribution in [-0.4, -0.2) is 8.31 Å². The zero-order valence-electron chi connectivity index (χ0n) is 32.0. The monoisotopic (exact) mass is 748 g/mol. The number of hydrogen-bond acceptors (Lipinski definition) is 1. The van der Waals surface area contributed by atoms with E-state index in [4.69, 9.17) is 0 Å². The molecule has 0 radical (unpaired) electrons. The van der Waals surface area contributed by atoms with Gasteiger partial charge in [-0.25, -0.2) is 6.08 Å². The Morgan fingerprint density at radius 1 is 0.588 bits per heavy atom. The van der Waals surface area contributed by atoms with Crippen LogP contribution in [0.3, 0.4) is 0 Å². The van der Waals surface area contributed by atoms with Gasteiger partial charge in [0.2, 0.25) is 0 Å². The molecule has 260 valence electrons. The second kappa shape index (κ2) is 17.5. The summed E-state index contributed by atoms with van der Waals surface area (Å²) < 4.78 is 1.42. The molecule has 0 saturated carbocycles. The van der Waals surface area contributed by atoms with E-state index >= 15 is 0 Å². The molecule has 7 rings (SSSR count). The van der Waals surface area contributed by atoms with Crippen LogP contribution in [-0.2, 0) is 35.1 Å². The minimum Gasteiger partial charge on any atom is -0.126 e. The van der Waals surface area contributed by atoms with Crippen molar-refractivity contribution in [2.24, 2.45) is 5.41 Å². The molecule has 0 amide bonds. The number of hydrogen-bond donors (Lipinski definition) is 1. The van der Waals surface area contributed by atoms with E-state index in [2.05, 4.69) is 202 Å². The van der Waals surface area contributed by atoms with Crippen molar-refractivity contribution < 1.29 is 29.3 Å². The molecule has 1 aliphatic carbocycles. The third-order valence-electron chi connectivity index (χ3n) is 8.88. The maximum absolute atomic E-state index is 9.84. The van der Waals surface area contributed by atoms with E-state index in [1.165, 1.54) is 71.2 Å². The van der Waals surface area contributed by atoms with E-state index in [0.717, 1.165) is 12.0 Å². The first-order valence-corrected chi connectivity index (χ1v) is 19.1. The SMILES string of the molecule is CC(C)(C)C1=CC[C-]=C1.CC(C)(C)c1ccc(O)c(C(C)(C)C)c1.[Zr+2]=[C](c1ccccc1)c1ccccc1.c1ccc2c(c1)[cH-]c1ccccc12. The Balaban J connectivity index is 0.000000155. The molecule has 0 saturated heterocycles. The maximum Gasteiger partial charge on any atom is -0.0771 e. The van der Waals surface area contributed by atoms with Crippen molar-refractivity contribution in [3.63, 3.8) is 0 Å². The normalized spacial score (nSPS) is 12.6. The molecule has 1 N–H and O–H groups in total. The van der Waals surface area contributed by atoms with Crippen molar-refractivity contribution in [2.75, 3.05) is 0 Å². The van der Waals surface area contributed by atoms with E-state index in [0.29, 0.717) is 11.2 Å². The molecule has 6 aromatic carbocycles. The predicted octanol–water partition coefficient (Wildman–Crippen LogP) is 13.2. The summed E-state index contributed by atoms with van der Waals surface area (Å²) in [5, 5.41) is 15.2. The summed E-state index contributed by atoms with van der Waals surface area (Å²) in [6, 6.07) is 46.3. The van der Waals surface area contributed by atoms with Crippen LogP contribution >= 0.6 is 0 Å². The zero-order chi connectivity index (χ0) is 37.2. The van der Waals surface area contributed by atoms with Gasteiger partial charge in [-0.2, -0.15) is 11.6 Å². The summed E-state index contributed by atoms with van der Waals surface area (Å²) in [5.41, 5.74) is 6.82. The van der Waals surface area contributed by atoms with Gasteiger partial charge in [0.1, 0.15) is 5.75 Å². The molecule has 0 heterocycles. The molecule has 0 spiro atoms. The van der Waals surface area contributed by atoms with Crippen molar-refractivity contribution in [1.82, 2.24) is 0 Å². The van der Waals surface area contributed by atoms with Gasteiger partial charge in [-0.05, 0) is 28.0 Å². The molecule has 0 fully saturated rings. The van der Waals surface area contributed by atoms with Crippen LogP contribution < -0.4 is 0 Å². The summed E-state index contributed by atoms with van der Waals surface area (Å²) >= 11 is 1.46. The topological polar surface area (TPSA) is 20.2 Å². The number of rotatable bonds is 2. The molecule has 1 nitrogen and oxygen atoms in total. The molecule has 0 aliphatic heterocycles. The third-order valence-corrected chi connectivity index (χ3v) is 10.3. The van der Waals surface area contributed by atoms with E-state index in [1.54, 1.807) is 6.07 Å². The first-order valence-electron chi connectivity index (χ1n) is 17.9. The van der Waals surface area contributed by atoms with E-state index in [1.807, 2.05) is 6.07 Å². The van der Waals surface area contributed by atoms with E-state index in [-0.39, 0.29) is 10.8 Å². The minimum atomic E-state index is -0.00859. The molecule has 51 heavy (non-hydrogen) atoms. The van der Waals surface area contributed by atoms with Crippen molar-refractivity contribution in [2.45, 2.75) is 79.6 Å². The van der Waals surface area contributed by atoms with E-state index in [9.17, 15) is 5.11 Å². The van der Waals surface area contributed by atoms with Crippen LogP contribution in [0.5, 0.6) is 5.75 Å². The summed E-state index contributed by atoms with van der Waals surface area (Å²) in [7, 11) is 0. The standard InChI is InChI=1S/C14H22O.C13H9.C13H10.C9H13.Zr/c1-13(2,3)10-7-8-12(15)11(9-10)14(4,5)6;1-3-7-12-10(5-1)9-11-6-2-4-8-13(11)12;1-3-7-12(8-4-1)11-13-9-5-2-6-10-13;1-9(2,3)8-6-4-5-7-8;/h7-9,15H,1-6H3;1-9H;1-10H;6-7H,4H2,1-3H3;/q;-1;;-1;+2. The average molecular weight is 750 g/mol. The van der Waals surface area contributed by atoms with Gasteiger partial charge in [0, 0.05) is 0 Å². The second-order valence-electron chi connectivity index (χ2n) is 16.1. The predicted molar refractivity (Wildman–Crippen MR) is 219 cm³/mol. The van der Waals surface area contributed by atoms with Crippen molar-refractivity contribution in [3.8, 4) is 5.75 Å². The Bertz CT molecular complexity index is 1980. The fourth-order valence-electron chi connectivity index (χ4n) is 5.80. The Kier molecular flexibility index (Phi) is 13.6. The van der Waals surface area contributed by atoms with Crippen LogP contribution in [0.4, 0.5) is 0 Å². The van der Waals surface area contributed by atoms with Gasteiger partial charge in [-0.3, -0.25) is 6.08 Å². The Morgan fingerprint density at radius 2 is 1.06 bits per heavy atom. The molecular weight excluding hydrogens is 696 g/mol. The van der Waals surface area contributed by atoms with Crippen molar-refractivity contribution in [3.05, 3.63) is 180 Å². The zero-order valence-corrected chi connectivity index (χ0v) is 34.5. The Labute approximate surface area is 322 Å². The van der Waals surface area contributed by atoms with Crippen molar-refractivity contribution >= 4 is 24.8 Å². The summed E-state index contributed by atoms with van der Waals surface area (Å²) in [6.45, 7) is 19.6. The largest absolute Gasteiger partial charge is 0.126 e. The molecule has 1 aliphatic rings. The second-order valence-corrected chi connectivity index (χ2v) is 17.3. The Morgan fingerprint density at radius 3 is 1.45 bits per heavy atom. The summed E-state index contributed by atoms with van der Waals surface area (Å²) in [5.74, 6) is 0.399. The summed E-state index contributed by atoms with van der Waals surface area (Å²) in [6.07, 6.45) is 8.50. The Hall–Kier alpha value is -4.00. The quantitative estimate of drug-likeness (QED) is 0.175. The minimum absolute atomic E-state index is 0.00859. The number of benzene rings is 5. The van der Waals surface area contributed by atoms with Gasteiger partial charge in [0.15, 0.2) is 0 Å². The van der Waals surface area contributed by atoms with Gasteiger partial charge >= 0.3 is 99.2 Å². The van der Waals surface area contributed by atoms with Gasteiger partial charge in [-0.1, -0.05) is 116 Å². The van der Waals surface area contributed by atoms with Gasteiger partial charge in [-0.15, -0.1) is 46.2 Å². The van der Waals surface area contributed by atoms with Crippen LogP contribution in [0.25, 0.3) is 21.5 Å². The third kappa shape index (κ3) is 11.5. The van der Waals surface area contributed by atoms with Crippen LogP contribution in [0.15, 0.2) is 151 Å². The van der Waals surface area contributed by atoms with Crippen LogP contribution in [0.1, 0.15) is 91.0 Å². The molecule has 0 unspecified atom stereocenters. The smallest absolute Gasteiger partial charge is 0.0771 e. The molecule has 0 atom stereocenters. The van der Waals surface area contributed by atoms with Gasteiger partial charge < -0.3 is 5.11 Å². The number of phenolic OH excluding ortho intramolecular Hbond substituents is 1. The average Bonchev–Trinajstić information content (AvgIpc) is 3.78.